The minimum absolute atomic E-state index is 0.317. The van der Waals surface area contributed by atoms with Gasteiger partial charge in [0.05, 0.1) is 6.54 Å². The smallest absolute Gasteiger partial charge is 0.231 e. The fraction of sp³-hybridized carbons (Fsp3) is 0.500. The largest absolute Gasteiger partial charge is 0.454 e. The molecule has 6 heteroatoms. The maximum atomic E-state index is 5.55. The molecule has 0 aliphatic carbocycles. The van der Waals surface area contributed by atoms with Crippen LogP contribution in [0.15, 0.2) is 18.2 Å². The average Bonchev–Trinajstić information content (AvgIpc) is 3.18. The third kappa shape index (κ3) is 2.43. The van der Waals surface area contributed by atoms with Crippen LogP contribution < -0.4 is 14.8 Å². The van der Waals surface area contributed by atoms with Crippen molar-refractivity contribution in [3.05, 3.63) is 35.4 Å². The Labute approximate surface area is 129 Å². The predicted molar refractivity (Wildman–Crippen MR) is 80.9 cm³/mol. The molecule has 0 bridgehead atoms. The number of rotatable bonds is 4. The Balaban J connectivity index is 1.42. The Morgan fingerprint density at radius 2 is 2.32 bits per heavy atom. The van der Waals surface area contributed by atoms with E-state index in [0.717, 1.165) is 61.1 Å². The zero-order chi connectivity index (χ0) is 14.9. The van der Waals surface area contributed by atoms with Crippen molar-refractivity contribution in [2.45, 2.75) is 45.3 Å². The second-order valence-electron chi connectivity index (χ2n) is 5.75. The highest BCUT2D eigenvalue weighted by molar-refractivity contribution is 5.48. The summed E-state index contributed by atoms with van der Waals surface area (Å²) in [7, 11) is 0. The highest BCUT2D eigenvalue weighted by Crippen LogP contribution is 2.35. The van der Waals surface area contributed by atoms with E-state index >= 15 is 0 Å². The topological polar surface area (TPSA) is 61.2 Å². The number of hydrogen-bond acceptors (Lipinski definition) is 5. The third-order valence-electron chi connectivity index (χ3n) is 4.28. The molecule has 1 N–H and O–H groups in total. The fourth-order valence-electron chi connectivity index (χ4n) is 3.06. The fourth-order valence-corrected chi connectivity index (χ4v) is 3.06. The summed E-state index contributed by atoms with van der Waals surface area (Å²) in [6, 6.07) is 6.45. The first kappa shape index (κ1) is 13.6. The molecule has 1 unspecified atom stereocenters. The molecule has 0 saturated heterocycles. The minimum atomic E-state index is 0.317. The summed E-state index contributed by atoms with van der Waals surface area (Å²) < 4.78 is 13.0. The number of benzene rings is 1. The Morgan fingerprint density at radius 3 is 3.23 bits per heavy atom. The van der Waals surface area contributed by atoms with Crippen LogP contribution >= 0.6 is 0 Å². The Hall–Kier alpha value is -2.08. The summed E-state index contributed by atoms with van der Waals surface area (Å²) in [5.41, 5.74) is 1.15. The van der Waals surface area contributed by atoms with E-state index in [1.54, 1.807) is 0 Å². The number of nitrogens with one attached hydrogen (secondary N) is 1. The minimum Gasteiger partial charge on any atom is -0.454 e. The normalized spacial score (nSPS) is 19.2. The van der Waals surface area contributed by atoms with Crippen molar-refractivity contribution in [3.8, 4) is 11.5 Å². The van der Waals surface area contributed by atoms with Crippen LogP contribution in [0.1, 0.15) is 30.6 Å². The summed E-state index contributed by atoms with van der Waals surface area (Å²) in [5, 5.41) is 8.16. The highest BCUT2D eigenvalue weighted by atomic mass is 16.7. The van der Waals surface area contributed by atoms with Gasteiger partial charge in [0.2, 0.25) is 6.79 Å². The first-order valence-corrected chi connectivity index (χ1v) is 7.87. The maximum absolute atomic E-state index is 5.55. The average molecular weight is 300 g/mol. The molecule has 0 saturated carbocycles. The molecule has 6 nitrogen and oxygen atoms in total. The summed E-state index contributed by atoms with van der Waals surface area (Å²) in [5.74, 6) is 3.78. The van der Waals surface area contributed by atoms with Crippen molar-refractivity contribution < 1.29 is 9.47 Å². The van der Waals surface area contributed by atoms with E-state index in [0.29, 0.717) is 12.8 Å². The number of aromatic nitrogens is 3. The number of nitrogens with zero attached hydrogens (tertiary/aromatic N) is 3. The predicted octanol–water partition coefficient (Wildman–Crippen LogP) is 1.67. The van der Waals surface area contributed by atoms with Gasteiger partial charge in [-0.15, -0.1) is 0 Å². The molecule has 3 heterocycles. The van der Waals surface area contributed by atoms with Gasteiger partial charge in [0.15, 0.2) is 17.3 Å². The van der Waals surface area contributed by atoms with Crippen molar-refractivity contribution in [2.75, 3.05) is 6.79 Å². The Bertz CT molecular complexity index is 683. The number of fused-ring (bicyclic) bond motifs is 2. The molecule has 116 valence electrons. The highest BCUT2D eigenvalue weighted by Gasteiger charge is 2.22. The lowest BCUT2D eigenvalue weighted by Gasteiger charge is -2.23. The monoisotopic (exact) mass is 300 g/mol. The van der Waals surface area contributed by atoms with Gasteiger partial charge in [-0.3, -0.25) is 0 Å². The number of aryl methyl sites for hydroxylation is 2. The Kier molecular flexibility index (Phi) is 3.46. The molecule has 0 spiro atoms. The first-order valence-electron chi connectivity index (χ1n) is 7.87. The van der Waals surface area contributed by atoms with Crippen LogP contribution in [0, 0.1) is 0 Å². The molecule has 2 aromatic rings. The van der Waals surface area contributed by atoms with Crippen LogP contribution in [0.2, 0.25) is 0 Å². The van der Waals surface area contributed by atoms with Crippen molar-refractivity contribution in [3.63, 3.8) is 0 Å². The summed E-state index contributed by atoms with van der Waals surface area (Å²) in [6.45, 7) is 4.07. The van der Waals surface area contributed by atoms with Crippen LogP contribution in [0.5, 0.6) is 11.5 Å². The molecule has 22 heavy (non-hydrogen) atoms. The maximum Gasteiger partial charge on any atom is 0.231 e. The van der Waals surface area contributed by atoms with E-state index in [4.69, 9.17) is 9.47 Å². The van der Waals surface area contributed by atoms with E-state index < -0.39 is 0 Å². The van der Waals surface area contributed by atoms with Crippen LogP contribution in [-0.2, 0) is 25.9 Å². The van der Waals surface area contributed by atoms with Crippen molar-refractivity contribution in [1.82, 2.24) is 20.1 Å². The lowest BCUT2D eigenvalue weighted by atomic mass is 10.1. The van der Waals surface area contributed by atoms with Gasteiger partial charge in [-0.25, -0.2) is 9.67 Å². The molecule has 0 radical (unpaired) electrons. The second-order valence-corrected chi connectivity index (χ2v) is 5.75. The van der Waals surface area contributed by atoms with Gasteiger partial charge in [-0.1, -0.05) is 19.1 Å². The van der Waals surface area contributed by atoms with Crippen LogP contribution in [0.3, 0.4) is 0 Å². The van der Waals surface area contributed by atoms with Crippen LogP contribution in [0.4, 0.5) is 0 Å². The Morgan fingerprint density at radius 1 is 1.36 bits per heavy atom. The SMILES string of the molecule is CCc1nc2n(n1)CC(NCc1cccc3c1OCO3)CC2. The van der Waals surface area contributed by atoms with Crippen LogP contribution in [-0.4, -0.2) is 27.6 Å². The van der Waals surface area contributed by atoms with Crippen LogP contribution in [0.25, 0.3) is 0 Å². The van der Waals surface area contributed by atoms with E-state index in [9.17, 15) is 0 Å². The van der Waals surface area contributed by atoms with E-state index in [1.165, 1.54) is 0 Å². The van der Waals surface area contributed by atoms with Gasteiger partial charge in [-0.2, -0.15) is 5.10 Å². The second kappa shape index (κ2) is 5.61. The molecule has 1 aromatic heterocycles. The lowest BCUT2D eigenvalue weighted by molar-refractivity contribution is 0.173. The van der Waals surface area contributed by atoms with Crippen molar-refractivity contribution in [1.29, 1.82) is 0 Å². The van der Waals surface area contributed by atoms with Gasteiger partial charge >= 0.3 is 0 Å². The van der Waals surface area contributed by atoms with E-state index in [1.807, 2.05) is 12.1 Å². The molecule has 4 rings (SSSR count). The number of ether oxygens (including phenoxy) is 2. The molecule has 1 aromatic carbocycles. The molecule has 0 fully saturated rings. The van der Waals surface area contributed by atoms with Gasteiger partial charge in [0.25, 0.3) is 0 Å². The molecule has 2 aliphatic heterocycles. The standard InChI is InChI=1S/C16H20N4O2/c1-2-14-18-15-7-6-12(9-20(15)19-14)17-8-11-4-3-5-13-16(11)22-10-21-13/h3-5,12,17H,2,6-10H2,1H3. The van der Waals surface area contributed by atoms with Gasteiger partial charge in [0, 0.05) is 31.0 Å². The summed E-state index contributed by atoms with van der Waals surface area (Å²) >= 11 is 0. The van der Waals surface area contributed by atoms with E-state index in [2.05, 4.69) is 33.1 Å². The van der Waals surface area contributed by atoms with Crippen molar-refractivity contribution in [2.24, 2.45) is 0 Å². The molecule has 0 amide bonds. The van der Waals surface area contributed by atoms with E-state index in [-0.39, 0.29) is 0 Å². The molecular formula is C16H20N4O2. The summed E-state index contributed by atoms with van der Waals surface area (Å²) in [4.78, 5) is 4.56. The quantitative estimate of drug-likeness (QED) is 0.931. The zero-order valence-corrected chi connectivity index (χ0v) is 12.7. The molecule has 1 atom stereocenters. The lowest BCUT2D eigenvalue weighted by Crippen LogP contribution is -2.37. The zero-order valence-electron chi connectivity index (χ0n) is 12.7. The molecular weight excluding hydrogens is 280 g/mol. The van der Waals surface area contributed by atoms with Gasteiger partial charge in [-0.05, 0) is 12.5 Å². The van der Waals surface area contributed by atoms with Gasteiger partial charge < -0.3 is 14.8 Å². The van der Waals surface area contributed by atoms with Gasteiger partial charge in [0.1, 0.15) is 5.82 Å². The number of hydrogen-bond donors (Lipinski definition) is 1. The first-order chi connectivity index (χ1) is 10.8. The molecule has 2 aliphatic rings. The number of para-hydroxylation sites is 1. The summed E-state index contributed by atoms with van der Waals surface area (Å²) in [6.07, 6.45) is 2.97. The third-order valence-corrected chi connectivity index (χ3v) is 4.28. The van der Waals surface area contributed by atoms with Crippen molar-refractivity contribution >= 4 is 0 Å².